The van der Waals surface area contributed by atoms with Crippen LogP contribution in [0.2, 0.25) is 0 Å². The topological polar surface area (TPSA) is 85.6 Å². The molecule has 0 aliphatic carbocycles. The molecule has 0 aliphatic heterocycles. The molecule has 1 N–H and O–H groups in total. The molecule has 0 radical (unpaired) electrons. The highest BCUT2D eigenvalue weighted by molar-refractivity contribution is 6.04. The monoisotopic (exact) mass is 364 g/mol. The van der Waals surface area contributed by atoms with Crippen LogP contribution in [0.5, 0.6) is 5.75 Å². The molecule has 2 aromatic carbocycles. The van der Waals surface area contributed by atoms with Crippen LogP contribution in [0.15, 0.2) is 58.4 Å². The number of nitrogens with one attached hydrogen (secondary N) is 1. The second-order valence-corrected chi connectivity index (χ2v) is 5.94. The normalized spacial score (nSPS) is 11.0. The van der Waals surface area contributed by atoms with Crippen LogP contribution in [0.1, 0.15) is 29.4 Å². The summed E-state index contributed by atoms with van der Waals surface area (Å²) in [5.41, 5.74) is 3.17. The van der Waals surface area contributed by atoms with Crippen LogP contribution >= 0.6 is 0 Å². The lowest BCUT2D eigenvalue weighted by molar-refractivity contribution is 0.0950. The number of nitrogens with zero attached hydrogens (tertiary/aromatic N) is 3. The first-order valence-electron chi connectivity index (χ1n) is 8.62. The third-order valence-corrected chi connectivity index (χ3v) is 3.90. The fraction of sp³-hybridized carbons (Fsp3) is 0.200. The van der Waals surface area contributed by atoms with E-state index in [9.17, 15) is 9.59 Å². The number of hydrogen-bond acceptors (Lipinski definition) is 5. The third kappa shape index (κ3) is 4.20. The van der Waals surface area contributed by atoms with Crippen molar-refractivity contribution in [3.05, 3.63) is 70.1 Å². The lowest BCUT2D eigenvalue weighted by Crippen LogP contribution is -2.27. The molecule has 0 saturated heterocycles. The number of aryl methyl sites for hydroxylation is 1. The molecule has 7 heteroatoms. The Hall–Kier alpha value is -3.48. The van der Waals surface area contributed by atoms with Gasteiger partial charge in [-0.2, -0.15) is 10.2 Å². The van der Waals surface area contributed by atoms with E-state index >= 15 is 0 Å². The van der Waals surface area contributed by atoms with Gasteiger partial charge in [-0.05, 0) is 42.3 Å². The highest BCUT2D eigenvalue weighted by Gasteiger charge is 2.14. The van der Waals surface area contributed by atoms with Gasteiger partial charge in [-0.25, -0.2) is 10.1 Å². The molecule has 0 saturated carbocycles. The molecule has 0 unspecified atom stereocenters. The van der Waals surface area contributed by atoms with Gasteiger partial charge < -0.3 is 4.74 Å². The van der Waals surface area contributed by atoms with Gasteiger partial charge in [0.15, 0.2) is 5.69 Å². The summed E-state index contributed by atoms with van der Waals surface area (Å²) in [6.07, 6.45) is 2.48. The van der Waals surface area contributed by atoms with E-state index in [0.717, 1.165) is 22.4 Å². The van der Waals surface area contributed by atoms with E-state index < -0.39 is 5.91 Å². The minimum Gasteiger partial charge on any atom is -0.494 e. The SMILES string of the molecule is CCCOc1ccc(/C=N\NC(=O)c2nn(C)c(=O)c3ccccc23)cc1. The maximum atomic E-state index is 12.5. The molecule has 7 nitrogen and oxygen atoms in total. The fourth-order valence-electron chi connectivity index (χ4n) is 2.56. The van der Waals surface area contributed by atoms with E-state index in [2.05, 4.69) is 15.6 Å². The summed E-state index contributed by atoms with van der Waals surface area (Å²) in [6.45, 7) is 2.72. The second kappa shape index (κ2) is 8.27. The van der Waals surface area contributed by atoms with Gasteiger partial charge in [0.1, 0.15) is 5.75 Å². The van der Waals surface area contributed by atoms with Crippen molar-refractivity contribution >= 4 is 22.9 Å². The first-order valence-corrected chi connectivity index (χ1v) is 8.62. The van der Waals surface area contributed by atoms with E-state index in [1.54, 1.807) is 24.3 Å². The zero-order valence-corrected chi connectivity index (χ0v) is 15.2. The number of fused-ring (bicyclic) bond motifs is 1. The minimum absolute atomic E-state index is 0.146. The van der Waals surface area contributed by atoms with Gasteiger partial charge in [0.25, 0.3) is 11.5 Å². The van der Waals surface area contributed by atoms with Gasteiger partial charge in [-0.15, -0.1) is 0 Å². The summed E-state index contributed by atoms with van der Waals surface area (Å²) in [6, 6.07) is 14.3. The summed E-state index contributed by atoms with van der Waals surface area (Å²) in [7, 11) is 1.51. The van der Waals surface area contributed by atoms with Crippen molar-refractivity contribution in [2.45, 2.75) is 13.3 Å². The minimum atomic E-state index is -0.485. The van der Waals surface area contributed by atoms with Crippen molar-refractivity contribution in [1.82, 2.24) is 15.2 Å². The highest BCUT2D eigenvalue weighted by Crippen LogP contribution is 2.13. The maximum Gasteiger partial charge on any atom is 0.292 e. The number of rotatable bonds is 6. The van der Waals surface area contributed by atoms with Crippen molar-refractivity contribution in [3.8, 4) is 5.75 Å². The Balaban J connectivity index is 1.75. The number of carbonyl (C=O) groups is 1. The molecule has 27 heavy (non-hydrogen) atoms. The Morgan fingerprint density at radius 3 is 2.59 bits per heavy atom. The number of aromatic nitrogens is 2. The largest absolute Gasteiger partial charge is 0.494 e. The van der Waals surface area contributed by atoms with Gasteiger partial charge in [0.05, 0.1) is 18.2 Å². The van der Waals surface area contributed by atoms with Gasteiger partial charge >= 0.3 is 0 Å². The van der Waals surface area contributed by atoms with Crippen LogP contribution in [0.25, 0.3) is 10.8 Å². The zero-order chi connectivity index (χ0) is 19.2. The van der Waals surface area contributed by atoms with Gasteiger partial charge in [-0.1, -0.05) is 25.1 Å². The molecular formula is C20H20N4O3. The van der Waals surface area contributed by atoms with E-state index in [4.69, 9.17) is 4.74 Å². The molecule has 0 bridgehead atoms. The van der Waals surface area contributed by atoms with E-state index in [1.807, 2.05) is 31.2 Å². The van der Waals surface area contributed by atoms with E-state index in [-0.39, 0.29) is 11.3 Å². The maximum absolute atomic E-state index is 12.5. The molecule has 0 aliphatic rings. The lowest BCUT2D eigenvalue weighted by atomic mass is 10.1. The van der Waals surface area contributed by atoms with Crippen LogP contribution in [-0.4, -0.2) is 28.5 Å². The molecule has 3 rings (SSSR count). The van der Waals surface area contributed by atoms with Gasteiger partial charge in [-0.3, -0.25) is 9.59 Å². The number of benzene rings is 2. The molecular weight excluding hydrogens is 344 g/mol. The standard InChI is InChI=1S/C20H20N4O3/c1-3-12-27-15-10-8-14(9-11-15)13-21-22-19(25)18-16-6-4-5-7-17(16)20(26)24(2)23-18/h4-11,13H,3,12H2,1-2H3,(H,22,25)/b21-13-. The predicted molar refractivity (Wildman–Crippen MR) is 104 cm³/mol. The molecule has 3 aromatic rings. The van der Waals surface area contributed by atoms with Gasteiger partial charge in [0, 0.05) is 12.4 Å². The first-order chi connectivity index (χ1) is 13.1. The Morgan fingerprint density at radius 2 is 1.89 bits per heavy atom. The third-order valence-electron chi connectivity index (χ3n) is 3.90. The number of hydrogen-bond donors (Lipinski definition) is 1. The van der Waals surface area contributed by atoms with Crippen LogP contribution in [0.4, 0.5) is 0 Å². The summed E-state index contributed by atoms with van der Waals surface area (Å²) >= 11 is 0. The van der Waals surface area contributed by atoms with Crippen molar-refractivity contribution < 1.29 is 9.53 Å². The smallest absolute Gasteiger partial charge is 0.292 e. The molecule has 0 atom stereocenters. The molecule has 1 heterocycles. The summed E-state index contributed by atoms with van der Waals surface area (Å²) in [5.74, 6) is 0.305. The average molecular weight is 364 g/mol. The van der Waals surface area contributed by atoms with E-state index in [1.165, 1.54) is 13.3 Å². The van der Waals surface area contributed by atoms with Crippen LogP contribution in [0, 0.1) is 0 Å². The molecule has 0 spiro atoms. The number of carbonyl (C=O) groups excluding carboxylic acids is 1. The molecule has 138 valence electrons. The zero-order valence-electron chi connectivity index (χ0n) is 15.2. The Morgan fingerprint density at radius 1 is 1.19 bits per heavy atom. The van der Waals surface area contributed by atoms with E-state index in [0.29, 0.717) is 17.4 Å². The molecule has 1 aromatic heterocycles. The first kappa shape index (κ1) is 18.3. The summed E-state index contributed by atoms with van der Waals surface area (Å²) in [5, 5.41) is 8.97. The van der Waals surface area contributed by atoms with Crippen molar-refractivity contribution in [1.29, 1.82) is 0 Å². The quantitative estimate of drug-likeness (QED) is 0.538. The number of hydrazone groups is 1. The fourth-order valence-corrected chi connectivity index (χ4v) is 2.56. The van der Waals surface area contributed by atoms with Crippen LogP contribution in [-0.2, 0) is 7.05 Å². The summed E-state index contributed by atoms with van der Waals surface area (Å²) < 4.78 is 6.67. The highest BCUT2D eigenvalue weighted by atomic mass is 16.5. The Labute approximate surface area is 156 Å². The van der Waals surface area contributed by atoms with Crippen molar-refractivity contribution in [2.24, 2.45) is 12.1 Å². The van der Waals surface area contributed by atoms with Crippen LogP contribution < -0.4 is 15.7 Å². The number of amides is 1. The molecule has 0 fully saturated rings. The average Bonchev–Trinajstić information content (AvgIpc) is 2.70. The lowest BCUT2D eigenvalue weighted by Gasteiger charge is -2.06. The predicted octanol–water partition coefficient (Wildman–Crippen LogP) is 2.49. The Bertz CT molecular complexity index is 1040. The Kier molecular flexibility index (Phi) is 5.61. The van der Waals surface area contributed by atoms with Gasteiger partial charge in [0.2, 0.25) is 0 Å². The van der Waals surface area contributed by atoms with Crippen molar-refractivity contribution in [2.75, 3.05) is 6.61 Å². The van der Waals surface area contributed by atoms with Crippen LogP contribution in [0.3, 0.4) is 0 Å². The second-order valence-electron chi connectivity index (χ2n) is 5.94. The number of ether oxygens (including phenoxy) is 1. The summed E-state index contributed by atoms with van der Waals surface area (Å²) in [4.78, 5) is 24.6. The van der Waals surface area contributed by atoms with Crippen molar-refractivity contribution in [3.63, 3.8) is 0 Å². The molecule has 1 amide bonds.